The predicted molar refractivity (Wildman–Crippen MR) is 64.1 cm³/mol. The first-order valence-corrected chi connectivity index (χ1v) is 5.68. The van der Waals surface area contributed by atoms with E-state index >= 15 is 0 Å². The summed E-state index contributed by atoms with van der Waals surface area (Å²) in [6.45, 7) is 6.88. The first kappa shape index (κ1) is 13.3. The number of aromatic nitrogens is 1. The van der Waals surface area contributed by atoms with Crippen molar-refractivity contribution in [3.05, 3.63) is 23.5 Å². The van der Waals surface area contributed by atoms with Gasteiger partial charge >= 0.3 is 5.97 Å². The van der Waals surface area contributed by atoms with Gasteiger partial charge < -0.3 is 14.6 Å². The average molecular weight is 238 g/mol. The van der Waals surface area contributed by atoms with Crippen LogP contribution in [0.4, 0.5) is 0 Å². The van der Waals surface area contributed by atoms with Gasteiger partial charge in [0.2, 0.25) is 5.91 Å². The number of nitrogens with zero attached hydrogens (tertiary/aromatic N) is 2. The molecule has 17 heavy (non-hydrogen) atoms. The summed E-state index contributed by atoms with van der Waals surface area (Å²) in [6.07, 6.45) is 1.64. The maximum atomic E-state index is 11.9. The molecule has 0 aliphatic heterocycles. The Balaban J connectivity index is 2.89. The second-order valence-electron chi connectivity index (χ2n) is 3.85. The van der Waals surface area contributed by atoms with Crippen molar-refractivity contribution in [2.24, 2.45) is 0 Å². The molecule has 1 aromatic heterocycles. The van der Waals surface area contributed by atoms with E-state index in [2.05, 4.69) is 0 Å². The highest BCUT2D eigenvalue weighted by molar-refractivity contribution is 5.88. The lowest BCUT2D eigenvalue weighted by Gasteiger charge is -2.19. The molecule has 94 valence electrons. The molecule has 1 aromatic rings. The van der Waals surface area contributed by atoms with Crippen molar-refractivity contribution in [3.8, 4) is 0 Å². The van der Waals surface area contributed by atoms with Crippen LogP contribution in [0.3, 0.4) is 0 Å². The van der Waals surface area contributed by atoms with Crippen LogP contribution in [0.2, 0.25) is 0 Å². The van der Waals surface area contributed by atoms with Crippen LogP contribution in [0.1, 0.15) is 29.9 Å². The Kier molecular flexibility index (Phi) is 4.31. The molecule has 0 aliphatic carbocycles. The molecular weight excluding hydrogens is 220 g/mol. The molecule has 0 unspecified atom stereocenters. The largest absolute Gasteiger partial charge is 0.477 e. The number of aromatic carboxylic acids is 1. The average Bonchev–Trinajstić information content (AvgIpc) is 2.61. The first-order chi connectivity index (χ1) is 8.01. The van der Waals surface area contributed by atoms with Gasteiger partial charge in [-0.15, -0.1) is 0 Å². The summed E-state index contributed by atoms with van der Waals surface area (Å²) < 4.78 is 1.48. The molecule has 0 saturated heterocycles. The molecule has 1 amide bonds. The first-order valence-electron chi connectivity index (χ1n) is 5.68. The quantitative estimate of drug-likeness (QED) is 0.842. The summed E-state index contributed by atoms with van der Waals surface area (Å²) >= 11 is 0. The molecule has 1 rings (SSSR count). The van der Waals surface area contributed by atoms with Crippen LogP contribution in [-0.4, -0.2) is 39.5 Å². The Labute approximate surface area is 101 Å². The number of carbonyl (C=O) groups excluding carboxylic acids is 1. The van der Waals surface area contributed by atoms with E-state index in [1.807, 2.05) is 13.8 Å². The fourth-order valence-electron chi connectivity index (χ4n) is 1.83. The highest BCUT2D eigenvalue weighted by Crippen LogP contribution is 2.10. The highest BCUT2D eigenvalue weighted by Gasteiger charge is 2.17. The lowest BCUT2D eigenvalue weighted by Crippen LogP contribution is -2.34. The Morgan fingerprint density at radius 1 is 1.35 bits per heavy atom. The number of carboxylic acids is 1. The van der Waals surface area contributed by atoms with Crippen LogP contribution in [0, 0.1) is 6.92 Å². The maximum Gasteiger partial charge on any atom is 0.352 e. The second-order valence-corrected chi connectivity index (χ2v) is 3.85. The monoisotopic (exact) mass is 238 g/mol. The third kappa shape index (κ3) is 2.87. The van der Waals surface area contributed by atoms with Gasteiger partial charge in [0.15, 0.2) is 0 Å². The minimum absolute atomic E-state index is 0.0619. The molecule has 0 atom stereocenters. The molecule has 0 fully saturated rings. The van der Waals surface area contributed by atoms with Crippen molar-refractivity contribution in [2.75, 3.05) is 13.1 Å². The fraction of sp³-hybridized carbons (Fsp3) is 0.500. The molecular formula is C12H18N2O3. The van der Waals surface area contributed by atoms with E-state index in [1.165, 1.54) is 4.57 Å². The molecule has 5 heteroatoms. The maximum absolute atomic E-state index is 11.9. The van der Waals surface area contributed by atoms with E-state index in [9.17, 15) is 9.59 Å². The van der Waals surface area contributed by atoms with Crippen LogP contribution >= 0.6 is 0 Å². The zero-order chi connectivity index (χ0) is 13.0. The number of hydrogen-bond acceptors (Lipinski definition) is 2. The Hall–Kier alpha value is -1.78. The molecule has 5 nitrogen and oxygen atoms in total. The number of carboxylic acid groups (broad SMARTS) is 1. The van der Waals surface area contributed by atoms with Crippen molar-refractivity contribution in [3.63, 3.8) is 0 Å². The molecule has 1 N–H and O–H groups in total. The minimum Gasteiger partial charge on any atom is -0.477 e. The van der Waals surface area contributed by atoms with Gasteiger partial charge in [-0.1, -0.05) is 0 Å². The van der Waals surface area contributed by atoms with Gasteiger partial charge in [-0.05, 0) is 32.4 Å². The summed E-state index contributed by atoms with van der Waals surface area (Å²) in [5, 5.41) is 9.06. The van der Waals surface area contributed by atoms with Crippen LogP contribution in [-0.2, 0) is 11.3 Å². The van der Waals surface area contributed by atoms with Gasteiger partial charge in [0.25, 0.3) is 0 Å². The normalized spacial score (nSPS) is 10.3. The van der Waals surface area contributed by atoms with E-state index in [-0.39, 0.29) is 18.1 Å². The van der Waals surface area contributed by atoms with E-state index in [1.54, 1.807) is 24.1 Å². The third-order valence-corrected chi connectivity index (χ3v) is 2.79. The van der Waals surface area contributed by atoms with Gasteiger partial charge in [0.1, 0.15) is 12.2 Å². The van der Waals surface area contributed by atoms with Gasteiger partial charge in [-0.25, -0.2) is 4.79 Å². The molecule has 0 spiro atoms. The van der Waals surface area contributed by atoms with Crippen LogP contribution in [0.15, 0.2) is 12.3 Å². The topological polar surface area (TPSA) is 62.5 Å². The molecule has 1 heterocycles. The Morgan fingerprint density at radius 3 is 2.41 bits per heavy atom. The number of amides is 1. The number of likely N-dealkylation sites (N-methyl/N-ethyl adjacent to an activating group) is 1. The van der Waals surface area contributed by atoms with Crippen molar-refractivity contribution in [2.45, 2.75) is 27.3 Å². The molecule has 0 radical (unpaired) electrons. The summed E-state index contributed by atoms with van der Waals surface area (Å²) in [6, 6.07) is 1.71. The zero-order valence-corrected chi connectivity index (χ0v) is 10.4. The van der Waals surface area contributed by atoms with Gasteiger partial charge in [-0.3, -0.25) is 4.79 Å². The molecule has 0 bridgehead atoms. The lowest BCUT2D eigenvalue weighted by atomic mass is 10.3. The SMILES string of the molecule is CCN(CC)C(=O)Cn1ccc(C)c1C(=O)O. The standard InChI is InChI=1S/C12H18N2O3/c1-4-13(5-2)10(15)8-14-7-6-9(3)11(14)12(16)17/h6-7H,4-5,8H2,1-3H3,(H,16,17). The smallest absolute Gasteiger partial charge is 0.352 e. The van der Waals surface area contributed by atoms with Gasteiger partial charge in [0, 0.05) is 19.3 Å². The van der Waals surface area contributed by atoms with Crippen LogP contribution < -0.4 is 0 Å². The van der Waals surface area contributed by atoms with Gasteiger partial charge in [-0.2, -0.15) is 0 Å². The van der Waals surface area contributed by atoms with E-state index in [0.717, 1.165) is 0 Å². The van der Waals surface area contributed by atoms with E-state index < -0.39 is 5.97 Å². The minimum atomic E-state index is -1.00. The lowest BCUT2D eigenvalue weighted by molar-refractivity contribution is -0.131. The van der Waals surface area contributed by atoms with Gasteiger partial charge in [0.05, 0.1) is 0 Å². The number of carbonyl (C=O) groups is 2. The van der Waals surface area contributed by atoms with Crippen LogP contribution in [0.5, 0.6) is 0 Å². The number of hydrogen-bond donors (Lipinski definition) is 1. The summed E-state index contributed by atoms with van der Waals surface area (Å²) in [7, 11) is 0. The number of aryl methyl sites for hydroxylation is 1. The second kappa shape index (κ2) is 5.52. The molecule has 0 aliphatic rings. The Morgan fingerprint density at radius 2 is 1.94 bits per heavy atom. The highest BCUT2D eigenvalue weighted by atomic mass is 16.4. The van der Waals surface area contributed by atoms with Crippen LogP contribution in [0.25, 0.3) is 0 Å². The number of rotatable bonds is 5. The van der Waals surface area contributed by atoms with Crippen molar-refractivity contribution in [1.82, 2.24) is 9.47 Å². The molecule has 0 saturated carbocycles. The van der Waals surface area contributed by atoms with Crippen molar-refractivity contribution >= 4 is 11.9 Å². The summed E-state index contributed by atoms with van der Waals surface area (Å²) in [5.41, 5.74) is 0.857. The van der Waals surface area contributed by atoms with E-state index in [0.29, 0.717) is 18.7 Å². The summed E-state index contributed by atoms with van der Waals surface area (Å²) in [5.74, 6) is -1.06. The van der Waals surface area contributed by atoms with E-state index in [4.69, 9.17) is 5.11 Å². The van der Waals surface area contributed by atoms with Crippen molar-refractivity contribution in [1.29, 1.82) is 0 Å². The third-order valence-electron chi connectivity index (χ3n) is 2.79. The zero-order valence-electron chi connectivity index (χ0n) is 10.4. The van der Waals surface area contributed by atoms with Crippen molar-refractivity contribution < 1.29 is 14.7 Å². The summed E-state index contributed by atoms with van der Waals surface area (Å²) in [4.78, 5) is 24.6. The predicted octanol–water partition coefficient (Wildman–Crippen LogP) is 1.36. The Bertz CT molecular complexity index is 419. The fourth-order valence-corrected chi connectivity index (χ4v) is 1.83. The molecule has 0 aromatic carbocycles.